The molecule has 1 rings (SSSR count). The third kappa shape index (κ3) is 2.13. The molecule has 1 aromatic heterocycles. The fourth-order valence-electron chi connectivity index (χ4n) is 0.835. The standard InChI is InChI=1S/C7H7F3O2S/c1-12-4-2-6(7(8,9)10)13-5(4)3-11/h2,11H,3H2,1H3. The summed E-state index contributed by atoms with van der Waals surface area (Å²) in [6, 6.07) is 0.885. The van der Waals surface area contributed by atoms with Crippen LogP contribution in [-0.4, -0.2) is 12.2 Å². The number of alkyl halides is 3. The van der Waals surface area contributed by atoms with Gasteiger partial charge >= 0.3 is 6.18 Å². The van der Waals surface area contributed by atoms with E-state index in [1.54, 1.807) is 0 Å². The van der Waals surface area contributed by atoms with E-state index in [0.717, 1.165) is 6.07 Å². The third-order valence-corrected chi connectivity index (χ3v) is 2.56. The molecule has 0 aliphatic heterocycles. The lowest BCUT2D eigenvalue weighted by molar-refractivity contribution is -0.134. The summed E-state index contributed by atoms with van der Waals surface area (Å²) in [5.74, 6) is 0.0832. The lowest BCUT2D eigenvalue weighted by atomic mass is 10.4. The molecule has 0 bridgehead atoms. The Hall–Kier alpha value is -0.750. The number of aliphatic hydroxyl groups is 1. The lowest BCUT2D eigenvalue weighted by Gasteiger charge is -1.99. The van der Waals surface area contributed by atoms with Crippen molar-refractivity contribution in [1.82, 2.24) is 0 Å². The van der Waals surface area contributed by atoms with E-state index in [0.29, 0.717) is 11.3 Å². The normalized spacial score (nSPS) is 11.8. The Morgan fingerprint density at radius 2 is 2.15 bits per heavy atom. The predicted molar refractivity (Wildman–Crippen MR) is 41.8 cm³/mol. The van der Waals surface area contributed by atoms with Crippen LogP contribution in [0.25, 0.3) is 0 Å². The minimum absolute atomic E-state index is 0.0832. The number of methoxy groups -OCH3 is 1. The highest BCUT2D eigenvalue weighted by atomic mass is 32.1. The number of thiophene rings is 1. The van der Waals surface area contributed by atoms with Crippen molar-refractivity contribution in [1.29, 1.82) is 0 Å². The summed E-state index contributed by atoms with van der Waals surface area (Å²) in [5, 5.41) is 8.69. The summed E-state index contributed by atoms with van der Waals surface area (Å²) >= 11 is 0.491. The maximum atomic E-state index is 12.1. The molecule has 0 saturated carbocycles. The molecule has 6 heteroatoms. The van der Waals surface area contributed by atoms with E-state index in [1.807, 2.05) is 0 Å². The Bertz CT molecular complexity index is 271. The topological polar surface area (TPSA) is 29.5 Å². The van der Waals surface area contributed by atoms with Crippen molar-refractivity contribution < 1.29 is 23.0 Å². The zero-order valence-corrected chi connectivity index (χ0v) is 7.50. The molecule has 0 amide bonds. The number of aliphatic hydroxyl groups excluding tert-OH is 1. The molecule has 0 aliphatic rings. The lowest BCUT2D eigenvalue weighted by Crippen LogP contribution is -2.00. The van der Waals surface area contributed by atoms with Crippen LogP contribution in [0.4, 0.5) is 13.2 Å². The highest BCUT2D eigenvalue weighted by molar-refractivity contribution is 7.12. The van der Waals surface area contributed by atoms with Gasteiger partial charge in [-0.05, 0) is 0 Å². The molecule has 2 nitrogen and oxygen atoms in total. The van der Waals surface area contributed by atoms with Gasteiger partial charge in [0.05, 0.1) is 18.6 Å². The fourth-order valence-corrected chi connectivity index (χ4v) is 1.69. The first kappa shape index (κ1) is 10.3. The summed E-state index contributed by atoms with van der Waals surface area (Å²) in [6.07, 6.45) is -4.37. The molecule has 0 radical (unpaired) electrons. The van der Waals surface area contributed by atoms with E-state index in [2.05, 4.69) is 4.74 Å². The number of halogens is 3. The Morgan fingerprint density at radius 3 is 2.46 bits per heavy atom. The van der Waals surface area contributed by atoms with Crippen LogP contribution in [0.2, 0.25) is 0 Å². The fraction of sp³-hybridized carbons (Fsp3) is 0.429. The highest BCUT2D eigenvalue weighted by Gasteiger charge is 2.34. The van der Waals surface area contributed by atoms with Gasteiger partial charge in [0, 0.05) is 6.07 Å². The van der Waals surface area contributed by atoms with Crippen LogP contribution in [-0.2, 0) is 12.8 Å². The first-order valence-electron chi connectivity index (χ1n) is 3.33. The largest absolute Gasteiger partial charge is 0.495 e. The Kier molecular flexibility index (Phi) is 2.82. The van der Waals surface area contributed by atoms with Gasteiger partial charge in [-0.25, -0.2) is 0 Å². The van der Waals surface area contributed by atoms with Gasteiger partial charge in [-0.15, -0.1) is 11.3 Å². The average Bonchev–Trinajstić information content (AvgIpc) is 2.45. The van der Waals surface area contributed by atoms with Crippen LogP contribution in [0.3, 0.4) is 0 Å². The van der Waals surface area contributed by atoms with Gasteiger partial charge in [-0.3, -0.25) is 0 Å². The molecule has 0 spiro atoms. The third-order valence-electron chi connectivity index (χ3n) is 1.41. The van der Waals surface area contributed by atoms with E-state index >= 15 is 0 Å². The van der Waals surface area contributed by atoms with E-state index in [1.165, 1.54) is 7.11 Å². The number of hydrogen-bond donors (Lipinski definition) is 1. The van der Waals surface area contributed by atoms with Crippen LogP contribution in [0.1, 0.15) is 9.75 Å². The van der Waals surface area contributed by atoms with Gasteiger partial charge < -0.3 is 9.84 Å². The number of ether oxygens (including phenoxy) is 1. The molecule has 1 heterocycles. The molecule has 0 fully saturated rings. The number of rotatable bonds is 2. The molecule has 0 aromatic carbocycles. The summed E-state index contributed by atoms with van der Waals surface area (Å²) in [6.45, 7) is -0.441. The monoisotopic (exact) mass is 212 g/mol. The summed E-state index contributed by atoms with van der Waals surface area (Å²) < 4.78 is 41.0. The molecular weight excluding hydrogens is 205 g/mol. The highest BCUT2D eigenvalue weighted by Crippen LogP contribution is 2.39. The van der Waals surface area contributed by atoms with Gasteiger partial charge in [-0.1, -0.05) is 0 Å². The molecule has 0 unspecified atom stereocenters. The molecule has 74 valence electrons. The Balaban J connectivity index is 3.07. The van der Waals surface area contributed by atoms with Crippen molar-refractivity contribution in [3.63, 3.8) is 0 Å². The molecule has 1 aromatic rings. The van der Waals surface area contributed by atoms with E-state index in [-0.39, 0.29) is 10.6 Å². The number of hydrogen-bond acceptors (Lipinski definition) is 3. The van der Waals surface area contributed by atoms with Gasteiger partial charge in [0.2, 0.25) is 0 Å². The smallest absolute Gasteiger partial charge is 0.425 e. The van der Waals surface area contributed by atoms with Crippen LogP contribution >= 0.6 is 11.3 Å². The van der Waals surface area contributed by atoms with Gasteiger partial charge in [0.1, 0.15) is 10.6 Å². The van der Waals surface area contributed by atoms with Crippen molar-refractivity contribution in [3.05, 3.63) is 15.8 Å². The Morgan fingerprint density at radius 1 is 1.54 bits per heavy atom. The quantitative estimate of drug-likeness (QED) is 0.814. The van der Waals surface area contributed by atoms with E-state index < -0.39 is 17.7 Å². The zero-order valence-electron chi connectivity index (χ0n) is 6.68. The van der Waals surface area contributed by atoms with Gasteiger partial charge in [0.15, 0.2) is 0 Å². The van der Waals surface area contributed by atoms with E-state index in [9.17, 15) is 13.2 Å². The molecule has 13 heavy (non-hydrogen) atoms. The van der Waals surface area contributed by atoms with Crippen molar-refractivity contribution in [3.8, 4) is 5.75 Å². The first-order chi connectivity index (χ1) is 5.99. The van der Waals surface area contributed by atoms with Gasteiger partial charge in [-0.2, -0.15) is 13.2 Å². The summed E-state index contributed by atoms with van der Waals surface area (Å²) in [4.78, 5) is -0.566. The van der Waals surface area contributed by atoms with Crippen LogP contribution in [0, 0.1) is 0 Å². The molecular formula is C7H7F3O2S. The minimum Gasteiger partial charge on any atom is -0.495 e. The maximum absolute atomic E-state index is 12.1. The summed E-state index contributed by atoms with van der Waals surface area (Å²) in [5.41, 5.74) is 0. The molecule has 0 atom stereocenters. The predicted octanol–water partition coefficient (Wildman–Crippen LogP) is 2.27. The van der Waals surface area contributed by atoms with Crippen molar-refractivity contribution in [2.75, 3.05) is 7.11 Å². The molecule has 1 N–H and O–H groups in total. The van der Waals surface area contributed by atoms with Crippen LogP contribution in [0.5, 0.6) is 5.75 Å². The molecule has 0 aliphatic carbocycles. The second-order valence-electron chi connectivity index (χ2n) is 2.26. The van der Waals surface area contributed by atoms with Crippen molar-refractivity contribution in [2.24, 2.45) is 0 Å². The maximum Gasteiger partial charge on any atom is 0.425 e. The summed E-state index contributed by atoms with van der Waals surface area (Å²) in [7, 11) is 1.27. The zero-order chi connectivity index (χ0) is 10.1. The SMILES string of the molecule is COc1cc(C(F)(F)F)sc1CO. The van der Waals surface area contributed by atoms with Gasteiger partial charge in [0.25, 0.3) is 0 Å². The van der Waals surface area contributed by atoms with Crippen LogP contribution in [0.15, 0.2) is 6.07 Å². The Labute approximate surface area is 76.6 Å². The first-order valence-corrected chi connectivity index (χ1v) is 4.15. The van der Waals surface area contributed by atoms with Crippen molar-refractivity contribution in [2.45, 2.75) is 12.8 Å². The van der Waals surface area contributed by atoms with Crippen molar-refractivity contribution >= 4 is 11.3 Å². The second kappa shape index (κ2) is 3.55. The molecule has 0 saturated heterocycles. The second-order valence-corrected chi connectivity index (χ2v) is 3.39. The minimum atomic E-state index is -4.37. The van der Waals surface area contributed by atoms with Crippen LogP contribution < -0.4 is 4.74 Å². The average molecular weight is 212 g/mol. The van der Waals surface area contributed by atoms with E-state index in [4.69, 9.17) is 5.11 Å².